The average Bonchev–Trinajstić information content (AvgIpc) is 3.14. The van der Waals surface area contributed by atoms with Gasteiger partial charge in [0.2, 0.25) is 0 Å². The number of aliphatic carboxylic acids is 1. The Kier molecular flexibility index (Phi) is 4.84. The van der Waals surface area contributed by atoms with E-state index >= 15 is 0 Å². The Morgan fingerprint density at radius 1 is 1.19 bits per heavy atom. The highest BCUT2D eigenvalue weighted by atomic mass is 16.4. The summed E-state index contributed by atoms with van der Waals surface area (Å²) in [5.74, 6) is -0.273. The van der Waals surface area contributed by atoms with Gasteiger partial charge in [0, 0.05) is 36.5 Å². The molecule has 0 saturated carbocycles. The van der Waals surface area contributed by atoms with Crippen LogP contribution in [-0.2, 0) is 24.2 Å². The fourth-order valence-electron chi connectivity index (χ4n) is 3.16. The number of rotatable bonds is 6. The van der Waals surface area contributed by atoms with E-state index in [-0.39, 0.29) is 18.1 Å². The van der Waals surface area contributed by atoms with Gasteiger partial charge in [-0.25, -0.2) is 0 Å². The highest BCUT2D eigenvalue weighted by Crippen LogP contribution is 2.28. The van der Waals surface area contributed by atoms with E-state index in [1.54, 1.807) is 18.9 Å². The Labute approximate surface area is 151 Å². The Morgan fingerprint density at radius 3 is 2.62 bits per heavy atom. The summed E-state index contributed by atoms with van der Waals surface area (Å²) in [5, 5.41) is 10.0. The molecular formula is C20H21NO5. The molecule has 0 unspecified atom stereocenters. The minimum absolute atomic E-state index is 0.180. The summed E-state index contributed by atoms with van der Waals surface area (Å²) in [6.07, 6.45) is 1.82. The minimum atomic E-state index is -1.04. The third kappa shape index (κ3) is 3.22. The maximum absolute atomic E-state index is 12.9. The zero-order valence-electron chi connectivity index (χ0n) is 15.0. The first-order valence-corrected chi connectivity index (χ1v) is 8.45. The van der Waals surface area contributed by atoms with Crippen molar-refractivity contribution in [3.63, 3.8) is 0 Å². The van der Waals surface area contributed by atoms with E-state index in [0.717, 1.165) is 28.7 Å². The van der Waals surface area contributed by atoms with Crippen molar-refractivity contribution in [1.29, 1.82) is 0 Å². The van der Waals surface area contributed by atoms with E-state index in [9.17, 15) is 9.59 Å². The van der Waals surface area contributed by atoms with Crippen molar-refractivity contribution in [2.45, 2.75) is 33.2 Å². The number of amides is 1. The van der Waals surface area contributed by atoms with Crippen LogP contribution in [0.5, 0.6) is 0 Å². The number of carbonyl (C=O) groups excluding carboxylic acids is 1. The van der Waals surface area contributed by atoms with Gasteiger partial charge in [-0.3, -0.25) is 9.59 Å². The third-order valence-electron chi connectivity index (χ3n) is 4.42. The number of carboxylic acid groups (broad SMARTS) is 1. The molecule has 2 aromatic heterocycles. The number of carboxylic acids is 1. The lowest BCUT2D eigenvalue weighted by molar-refractivity contribution is -0.136. The normalized spacial score (nSPS) is 11.0. The number of para-hydroxylation sites is 1. The van der Waals surface area contributed by atoms with Crippen molar-refractivity contribution in [2.75, 3.05) is 7.05 Å². The van der Waals surface area contributed by atoms with Crippen molar-refractivity contribution in [3.8, 4) is 0 Å². The second-order valence-electron chi connectivity index (χ2n) is 6.30. The quantitative estimate of drug-likeness (QED) is 0.727. The van der Waals surface area contributed by atoms with E-state index in [2.05, 4.69) is 0 Å². The number of nitrogens with zero attached hydrogens (tertiary/aromatic N) is 1. The second kappa shape index (κ2) is 7.07. The summed E-state index contributed by atoms with van der Waals surface area (Å²) in [4.78, 5) is 25.5. The standard InChI is InChI=1S/C20H21NO5/c1-4-15-14(13-7-5-6-8-16(13)26-15)10-21(3)20(24)19-12(2)11-25-17(19)9-18(22)23/h5-8,11H,4,9-10H2,1-3H3,(H,22,23). The van der Waals surface area contributed by atoms with Gasteiger partial charge < -0.3 is 18.8 Å². The average molecular weight is 355 g/mol. The summed E-state index contributed by atoms with van der Waals surface area (Å²) < 4.78 is 11.2. The molecule has 136 valence electrons. The van der Waals surface area contributed by atoms with E-state index in [4.69, 9.17) is 13.9 Å². The molecule has 0 aliphatic heterocycles. The SMILES string of the molecule is CCc1oc2ccccc2c1CN(C)C(=O)c1c(C)coc1CC(=O)O. The predicted octanol–water partition coefficient (Wildman–Crippen LogP) is 3.80. The van der Waals surface area contributed by atoms with Gasteiger partial charge in [0.15, 0.2) is 0 Å². The van der Waals surface area contributed by atoms with Crippen LogP contribution >= 0.6 is 0 Å². The van der Waals surface area contributed by atoms with Gasteiger partial charge in [-0.05, 0) is 13.0 Å². The molecule has 0 aliphatic rings. The number of furan rings is 2. The lowest BCUT2D eigenvalue weighted by Gasteiger charge is -2.18. The first-order chi connectivity index (χ1) is 12.4. The Balaban J connectivity index is 1.92. The highest BCUT2D eigenvalue weighted by Gasteiger charge is 2.25. The molecule has 0 atom stereocenters. The van der Waals surface area contributed by atoms with Gasteiger partial charge in [0.05, 0.1) is 11.8 Å². The molecule has 0 radical (unpaired) electrons. The fourth-order valence-corrected chi connectivity index (χ4v) is 3.16. The molecule has 0 bridgehead atoms. The molecule has 3 aromatic rings. The van der Waals surface area contributed by atoms with Crippen molar-refractivity contribution < 1.29 is 23.5 Å². The van der Waals surface area contributed by atoms with Crippen molar-refractivity contribution >= 4 is 22.8 Å². The largest absolute Gasteiger partial charge is 0.481 e. The van der Waals surface area contributed by atoms with Crippen LogP contribution in [0.25, 0.3) is 11.0 Å². The second-order valence-corrected chi connectivity index (χ2v) is 6.30. The number of hydrogen-bond donors (Lipinski definition) is 1. The van der Waals surface area contributed by atoms with Gasteiger partial charge in [0.1, 0.15) is 23.5 Å². The van der Waals surface area contributed by atoms with Gasteiger partial charge in [-0.2, -0.15) is 0 Å². The molecule has 0 saturated heterocycles. The zero-order valence-corrected chi connectivity index (χ0v) is 15.0. The number of benzene rings is 1. The van der Waals surface area contributed by atoms with Crippen LogP contribution in [0.4, 0.5) is 0 Å². The summed E-state index contributed by atoms with van der Waals surface area (Å²) in [6, 6.07) is 7.74. The fraction of sp³-hybridized carbons (Fsp3) is 0.300. The molecule has 1 N–H and O–H groups in total. The van der Waals surface area contributed by atoms with Crippen LogP contribution in [0.3, 0.4) is 0 Å². The molecule has 6 heteroatoms. The molecule has 0 spiro atoms. The summed E-state index contributed by atoms with van der Waals surface area (Å²) in [6.45, 7) is 4.12. The smallest absolute Gasteiger partial charge is 0.311 e. The van der Waals surface area contributed by atoms with Crippen LogP contribution in [0.1, 0.15) is 39.9 Å². The van der Waals surface area contributed by atoms with E-state index < -0.39 is 5.97 Å². The van der Waals surface area contributed by atoms with Gasteiger partial charge in [-0.15, -0.1) is 0 Å². The summed E-state index contributed by atoms with van der Waals surface area (Å²) in [7, 11) is 1.69. The zero-order chi connectivity index (χ0) is 18.8. The monoisotopic (exact) mass is 355 g/mol. The molecule has 0 aliphatic carbocycles. The molecule has 3 rings (SSSR count). The van der Waals surface area contributed by atoms with Crippen molar-refractivity contribution in [2.24, 2.45) is 0 Å². The summed E-state index contributed by atoms with van der Waals surface area (Å²) in [5.41, 5.74) is 2.72. The van der Waals surface area contributed by atoms with E-state index in [0.29, 0.717) is 17.7 Å². The minimum Gasteiger partial charge on any atom is -0.481 e. The molecule has 1 amide bonds. The molecular weight excluding hydrogens is 334 g/mol. The van der Waals surface area contributed by atoms with Crippen molar-refractivity contribution in [3.05, 3.63) is 58.7 Å². The topological polar surface area (TPSA) is 83.9 Å². The molecule has 2 heterocycles. The highest BCUT2D eigenvalue weighted by molar-refractivity contribution is 5.97. The molecule has 6 nitrogen and oxygen atoms in total. The lowest BCUT2D eigenvalue weighted by Crippen LogP contribution is -2.27. The molecule has 26 heavy (non-hydrogen) atoms. The molecule has 0 fully saturated rings. The molecule has 1 aromatic carbocycles. The maximum atomic E-state index is 12.9. The first kappa shape index (κ1) is 17.8. The van der Waals surface area contributed by atoms with Crippen LogP contribution in [-0.4, -0.2) is 28.9 Å². The predicted molar refractivity (Wildman–Crippen MR) is 96.2 cm³/mol. The number of hydrogen-bond acceptors (Lipinski definition) is 4. The third-order valence-corrected chi connectivity index (χ3v) is 4.42. The van der Waals surface area contributed by atoms with Gasteiger partial charge >= 0.3 is 5.97 Å². The van der Waals surface area contributed by atoms with E-state index in [1.807, 2.05) is 31.2 Å². The van der Waals surface area contributed by atoms with Crippen LogP contribution in [0.2, 0.25) is 0 Å². The number of carbonyl (C=O) groups is 2. The Bertz CT molecular complexity index is 966. The summed E-state index contributed by atoms with van der Waals surface area (Å²) >= 11 is 0. The maximum Gasteiger partial charge on any atom is 0.311 e. The van der Waals surface area contributed by atoms with Crippen LogP contribution in [0, 0.1) is 6.92 Å². The van der Waals surface area contributed by atoms with Crippen LogP contribution < -0.4 is 0 Å². The van der Waals surface area contributed by atoms with Crippen molar-refractivity contribution in [1.82, 2.24) is 4.90 Å². The number of fused-ring (bicyclic) bond motifs is 1. The Hall–Kier alpha value is -3.02. The Morgan fingerprint density at radius 2 is 1.92 bits per heavy atom. The van der Waals surface area contributed by atoms with Gasteiger partial charge in [-0.1, -0.05) is 25.1 Å². The van der Waals surface area contributed by atoms with Gasteiger partial charge in [0.25, 0.3) is 5.91 Å². The lowest BCUT2D eigenvalue weighted by atomic mass is 10.1. The van der Waals surface area contributed by atoms with Crippen LogP contribution in [0.15, 0.2) is 39.4 Å². The van der Waals surface area contributed by atoms with E-state index in [1.165, 1.54) is 6.26 Å². The number of aryl methyl sites for hydroxylation is 2. The first-order valence-electron chi connectivity index (χ1n) is 8.45.